The Morgan fingerprint density at radius 2 is 1.61 bits per heavy atom. The monoisotopic (exact) mass is 493 g/mol. The van der Waals surface area contributed by atoms with E-state index in [1.165, 1.54) is 11.3 Å². The third-order valence-electron chi connectivity index (χ3n) is 6.81. The minimum atomic E-state index is -1.06. The number of nitrogens with zero attached hydrogens (tertiary/aromatic N) is 1. The predicted octanol–water partition coefficient (Wildman–Crippen LogP) is 6.34. The highest BCUT2D eigenvalue weighted by atomic mass is 16.5. The van der Waals surface area contributed by atoms with E-state index < -0.39 is 11.6 Å². The molecular formula is C30H43N3O3. The highest BCUT2D eigenvalue weighted by Gasteiger charge is 2.43. The summed E-state index contributed by atoms with van der Waals surface area (Å²) in [6.07, 6.45) is 5.77. The molecule has 0 unspecified atom stereocenters. The molecule has 1 aliphatic rings. The van der Waals surface area contributed by atoms with Crippen LogP contribution in [0.1, 0.15) is 70.9 Å². The Hall–Kier alpha value is -3.02. The van der Waals surface area contributed by atoms with Crippen LogP contribution < -0.4 is 15.5 Å². The summed E-state index contributed by atoms with van der Waals surface area (Å²) in [4.78, 5) is 28.8. The molecular weight excluding hydrogens is 450 g/mol. The molecule has 0 heterocycles. The maximum absolute atomic E-state index is 13.7. The van der Waals surface area contributed by atoms with Gasteiger partial charge in [0.05, 0.1) is 6.61 Å². The average Bonchev–Trinajstić information content (AvgIpc) is 2.88. The number of unbranched alkanes of at least 4 members (excludes halogenated alkanes) is 2. The molecule has 196 valence electrons. The number of carbonyl (C=O) groups is 2. The first kappa shape index (κ1) is 27.6. The van der Waals surface area contributed by atoms with Crippen molar-refractivity contribution in [3.8, 4) is 0 Å². The summed E-state index contributed by atoms with van der Waals surface area (Å²) in [5, 5.41) is 6.02. The van der Waals surface area contributed by atoms with Crippen LogP contribution in [-0.2, 0) is 22.4 Å². The Kier molecular flexibility index (Phi) is 10.2. The smallest absolute Gasteiger partial charge is 0.408 e. The number of hydrogen-bond acceptors (Lipinski definition) is 4. The first-order valence-electron chi connectivity index (χ1n) is 13.5. The van der Waals surface area contributed by atoms with Crippen LogP contribution in [0.4, 0.5) is 16.2 Å². The lowest BCUT2D eigenvalue weighted by atomic mass is 9.77. The number of hydrogen-bond donors (Lipinski definition) is 2. The molecule has 1 atom stereocenters. The molecule has 0 aliphatic heterocycles. The maximum atomic E-state index is 13.7. The van der Waals surface area contributed by atoms with Gasteiger partial charge in [-0.2, -0.15) is 0 Å². The van der Waals surface area contributed by atoms with Crippen LogP contribution in [0.15, 0.2) is 48.5 Å². The van der Waals surface area contributed by atoms with Crippen molar-refractivity contribution in [3.63, 3.8) is 0 Å². The van der Waals surface area contributed by atoms with E-state index in [9.17, 15) is 9.59 Å². The van der Waals surface area contributed by atoms with Crippen LogP contribution in [0.3, 0.4) is 0 Å². The largest absolute Gasteiger partial charge is 0.449 e. The summed E-state index contributed by atoms with van der Waals surface area (Å²) in [5.41, 5.74) is 3.15. The minimum Gasteiger partial charge on any atom is -0.449 e. The van der Waals surface area contributed by atoms with Gasteiger partial charge < -0.3 is 20.3 Å². The Morgan fingerprint density at radius 3 is 2.22 bits per heavy atom. The number of nitrogens with one attached hydrogen (secondary N) is 2. The minimum absolute atomic E-state index is 0.208. The molecule has 1 aliphatic carbocycles. The van der Waals surface area contributed by atoms with Crippen molar-refractivity contribution in [1.82, 2.24) is 5.32 Å². The number of rotatable bonds is 12. The summed E-state index contributed by atoms with van der Waals surface area (Å²) in [7, 11) is 0. The highest BCUT2D eigenvalue weighted by Crippen LogP contribution is 2.31. The van der Waals surface area contributed by atoms with Gasteiger partial charge in [0.2, 0.25) is 0 Å². The van der Waals surface area contributed by atoms with E-state index in [4.69, 9.17) is 4.74 Å². The van der Waals surface area contributed by atoms with Gasteiger partial charge in [-0.3, -0.25) is 4.79 Å². The quantitative estimate of drug-likeness (QED) is 0.362. The van der Waals surface area contributed by atoms with Crippen molar-refractivity contribution in [1.29, 1.82) is 0 Å². The Bertz CT molecular complexity index is 981. The number of amides is 2. The van der Waals surface area contributed by atoms with Gasteiger partial charge in [-0.05, 0) is 67.0 Å². The van der Waals surface area contributed by atoms with Gasteiger partial charge in [-0.1, -0.05) is 64.8 Å². The fourth-order valence-electron chi connectivity index (χ4n) is 4.64. The maximum Gasteiger partial charge on any atom is 0.408 e. The van der Waals surface area contributed by atoms with Gasteiger partial charge in [0.25, 0.3) is 5.91 Å². The third kappa shape index (κ3) is 7.49. The average molecular weight is 494 g/mol. The molecule has 0 saturated heterocycles. The van der Waals surface area contributed by atoms with E-state index in [1.54, 1.807) is 0 Å². The molecule has 0 saturated carbocycles. The lowest BCUT2D eigenvalue weighted by Gasteiger charge is -2.37. The fraction of sp³-hybridized carbons (Fsp3) is 0.533. The van der Waals surface area contributed by atoms with Crippen molar-refractivity contribution < 1.29 is 14.3 Å². The van der Waals surface area contributed by atoms with E-state index in [0.29, 0.717) is 19.4 Å². The third-order valence-corrected chi connectivity index (χ3v) is 6.81. The zero-order valence-corrected chi connectivity index (χ0v) is 22.4. The van der Waals surface area contributed by atoms with Crippen LogP contribution in [0, 0.1) is 5.92 Å². The van der Waals surface area contributed by atoms with Crippen molar-refractivity contribution in [2.45, 2.75) is 78.2 Å². The second kappa shape index (κ2) is 13.3. The van der Waals surface area contributed by atoms with E-state index in [0.717, 1.165) is 56.4 Å². The van der Waals surface area contributed by atoms with Gasteiger partial charge in [-0.25, -0.2) is 4.79 Å². The molecule has 0 fully saturated rings. The molecule has 2 amide bonds. The lowest BCUT2D eigenvalue weighted by molar-refractivity contribution is -0.122. The molecule has 0 spiro atoms. The van der Waals surface area contributed by atoms with Crippen LogP contribution in [0.5, 0.6) is 0 Å². The van der Waals surface area contributed by atoms with Crippen LogP contribution in [-0.4, -0.2) is 37.2 Å². The number of alkyl carbamates (subject to hydrolysis) is 1. The Balaban J connectivity index is 1.76. The number of carbonyl (C=O) groups excluding carboxylic acids is 2. The number of aryl methyl sites for hydroxylation is 1. The van der Waals surface area contributed by atoms with Crippen molar-refractivity contribution in [2.24, 2.45) is 5.92 Å². The molecule has 2 aromatic carbocycles. The van der Waals surface area contributed by atoms with Crippen LogP contribution >= 0.6 is 0 Å². The van der Waals surface area contributed by atoms with E-state index in [-0.39, 0.29) is 11.8 Å². The van der Waals surface area contributed by atoms with Gasteiger partial charge in [0.15, 0.2) is 0 Å². The van der Waals surface area contributed by atoms with Crippen molar-refractivity contribution in [3.05, 3.63) is 59.7 Å². The molecule has 2 aromatic rings. The summed E-state index contributed by atoms with van der Waals surface area (Å²) >= 11 is 0. The summed E-state index contributed by atoms with van der Waals surface area (Å²) in [5.74, 6) is 0.0143. The van der Waals surface area contributed by atoms with Gasteiger partial charge in [-0.15, -0.1) is 0 Å². The Labute approximate surface area is 216 Å². The molecule has 36 heavy (non-hydrogen) atoms. The van der Waals surface area contributed by atoms with Crippen molar-refractivity contribution in [2.75, 3.05) is 29.9 Å². The fourth-order valence-corrected chi connectivity index (χ4v) is 4.64. The van der Waals surface area contributed by atoms with Gasteiger partial charge in [0, 0.05) is 30.9 Å². The molecule has 6 nitrogen and oxygen atoms in total. The van der Waals surface area contributed by atoms with Crippen molar-refractivity contribution >= 4 is 23.4 Å². The molecule has 3 rings (SSSR count). The van der Waals surface area contributed by atoms with E-state index in [1.807, 2.05) is 44.2 Å². The lowest BCUT2D eigenvalue weighted by Crippen LogP contribution is -2.60. The highest BCUT2D eigenvalue weighted by molar-refractivity contribution is 6.00. The first-order valence-corrected chi connectivity index (χ1v) is 13.5. The second-order valence-electron chi connectivity index (χ2n) is 10.3. The molecule has 0 radical (unpaired) electrons. The second-order valence-corrected chi connectivity index (χ2v) is 10.3. The number of benzene rings is 2. The van der Waals surface area contributed by atoms with Crippen LogP contribution in [0.25, 0.3) is 0 Å². The number of fused-ring (bicyclic) bond motifs is 1. The Morgan fingerprint density at radius 1 is 0.972 bits per heavy atom. The SMILES string of the molecule is CCCCN(CCCC)c1ccc(NC(=O)[C@]2(NC(=O)OCC(C)C)CCc3ccccc3C2)cc1. The van der Waals surface area contributed by atoms with E-state index >= 15 is 0 Å². The summed E-state index contributed by atoms with van der Waals surface area (Å²) in [6.45, 7) is 10.8. The van der Waals surface area contributed by atoms with Gasteiger partial charge >= 0.3 is 6.09 Å². The summed E-state index contributed by atoms with van der Waals surface area (Å²) in [6, 6.07) is 16.2. The number of ether oxygens (including phenoxy) is 1. The van der Waals surface area contributed by atoms with E-state index in [2.05, 4.69) is 47.6 Å². The molecule has 0 bridgehead atoms. The molecule has 6 heteroatoms. The molecule has 2 N–H and O–H groups in total. The van der Waals surface area contributed by atoms with Gasteiger partial charge in [0.1, 0.15) is 5.54 Å². The standard InChI is InChI=1S/C30H43N3O3/c1-5-7-19-33(20-8-6-2)27-15-13-26(14-16-27)31-28(34)30(32-29(35)36-22-23(3)4)18-17-24-11-9-10-12-25(24)21-30/h9-16,23H,5-8,17-22H2,1-4H3,(H,31,34)(H,32,35)/t30-/m0/s1. The first-order chi connectivity index (χ1) is 17.4. The summed E-state index contributed by atoms with van der Waals surface area (Å²) < 4.78 is 5.39. The zero-order chi connectivity index (χ0) is 26.0. The zero-order valence-electron chi connectivity index (χ0n) is 22.4. The van der Waals surface area contributed by atoms with Crippen LogP contribution in [0.2, 0.25) is 0 Å². The topological polar surface area (TPSA) is 70.7 Å². The predicted molar refractivity (Wildman–Crippen MR) is 148 cm³/mol. The normalized spacial score (nSPS) is 16.8. The number of anilines is 2. The molecule has 0 aromatic heterocycles.